The quantitative estimate of drug-likeness (QED) is 0.810. The third kappa shape index (κ3) is 4.43. The number of hydrogen-bond acceptors (Lipinski definition) is 4. The average molecular weight is 311 g/mol. The van der Waals surface area contributed by atoms with E-state index in [1.165, 1.54) is 0 Å². The number of likely N-dealkylation sites (tertiary alicyclic amines) is 1. The number of benzene rings is 1. The van der Waals surface area contributed by atoms with Crippen LogP contribution < -0.4 is 10.5 Å². The lowest BCUT2D eigenvalue weighted by Crippen LogP contribution is -2.32. The molecule has 0 saturated carbocycles. The van der Waals surface area contributed by atoms with Crippen LogP contribution in [0.4, 0.5) is 5.69 Å². The van der Waals surface area contributed by atoms with E-state index in [1.54, 1.807) is 18.2 Å². The summed E-state index contributed by atoms with van der Waals surface area (Å²) in [5, 5.41) is 0. The Morgan fingerprint density at radius 1 is 1.33 bits per heavy atom. The molecule has 2 rings (SSSR count). The Bertz CT molecular complexity index is 579. The fourth-order valence-corrected chi connectivity index (χ4v) is 3.90. The summed E-state index contributed by atoms with van der Waals surface area (Å²) in [6, 6.07) is 5.02. The first-order valence-corrected chi connectivity index (χ1v) is 8.91. The highest BCUT2D eigenvalue weighted by Gasteiger charge is 2.20. The van der Waals surface area contributed by atoms with Crippen LogP contribution in [0.3, 0.4) is 0 Å². The number of anilines is 1. The Morgan fingerprint density at radius 2 is 2.00 bits per heavy atom. The number of sulfonamides is 1. The largest absolute Gasteiger partial charge is 0.398 e. The van der Waals surface area contributed by atoms with E-state index in [2.05, 4.69) is 16.7 Å². The van der Waals surface area contributed by atoms with Crippen LogP contribution in [0.5, 0.6) is 0 Å². The van der Waals surface area contributed by atoms with Crippen LogP contribution in [0.25, 0.3) is 0 Å². The maximum absolute atomic E-state index is 12.3. The molecule has 1 saturated heterocycles. The molecule has 6 heteroatoms. The second-order valence-electron chi connectivity index (χ2n) is 5.97. The number of aryl methyl sites for hydroxylation is 1. The topological polar surface area (TPSA) is 75.4 Å². The van der Waals surface area contributed by atoms with Crippen LogP contribution in [-0.4, -0.2) is 40.0 Å². The Hall–Kier alpha value is -1.11. The van der Waals surface area contributed by atoms with Crippen molar-refractivity contribution in [2.75, 3.05) is 32.4 Å². The van der Waals surface area contributed by atoms with Crippen molar-refractivity contribution < 1.29 is 8.42 Å². The van der Waals surface area contributed by atoms with Gasteiger partial charge in [0.2, 0.25) is 10.0 Å². The van der Waals surface area contributed by atoms with E-state index in [0.29, 0.717) is 18.2 Å². The lowest BCUT2D eigenvalue weighted by molar-refractivity contribution is 0.213. The summed E-state index contributed by atoms with van der Waals surface area (Å²) in [7, 11) is -1.38. The van der Waals surface area contributed by atoms with Gasteiger partial charge in [0.25, 0.3) is 0 Å². The van der Waals surface area contributed by atoms with E-state index in [4.69, 9.17) is 5.73 Å². The molecule has 1 aliphatic heterocycles. The van der Waals surface area contributed by atoms with Crippen molar-refractivity contribution in [2.45, 2.75) is 31.1 Å². The van der Waals surface area contributed by atoms with Crippen LogP contribution in [0, 0.1) is 12.8 Å². The zero-order valence-corrected chi connectivity index (χ0v) is 13.6. The van der Waals surface area contributed by atoms with Crippen molar-refractivity contribution in [3.63, 3.8) is 0 Å². The van der Waals surface area contributed by atoms with Gasteiger partial charge in [-0.1, -0.05) is 6.07 Å². The summed E-state index contributed by atoms with van der Waals surface area (Å²) >= 11 is 0. The molecule has 0 unspecified atom stereocenters. The first-order chi connectivity index (χ1) is 9.88. The molecule has 5 nitrogen and oxygen atoms in total. The Balaban J connectivity index is 1.89. The van der Waals surface area contributed by atoms with E-state index in [0.717, 1.165) is 37.9 Å². The number of nitrogens with one attached hydrogen (secondary N) is 1. The third-order valence-electron chi connectivity index (χ3n) is 4.14. The summed E-state index contributed by atoms with van der Waals surface area (Å²) in [6.07, 6.45) is 3.18. The van der Waals surface area contributed by atoms with Crippen molar-refractivity contribution in [1.29, 1.82) is 0 Å². The van der Waals surface area contributed by atoms with Gasteiger partial charge in [-0.3, -0.25) is 0 Å². The molecule has 0 spiro atoms. The van der Waals surface area contributed by atoms with Crippen molar-refractivity contribution in [1.82, 2.24) is 9.62 Å². The molecule has 0 radical (unpaired) electrons. The maximum atomic E-state index is 12.3. The summed E-state index contributed by atoms with van der Waals surface area (Å²) in [6.45, 7) is 4.56. The van der Waals surface area contributed by atoms with Gasteiger partial charge in [-0.25, -0.2) is 13.1 Å². The van der Waals surface area contributed by atoms with Crippen molar-refractivity contribution in [3.05, 3.63) is 23.8 Å². The standard InChI is InChI=1S/C15H25N3O2S/c1-12-3-4-15(14(16)11-12)21(19,20)17-8-5-13-6-9-18(2)10-7-13/h3-4,11,13,17H,5-10,16H2,1-2H3. The van der Waals surface area contributed by atoms with Crippen LogP contribution in [0.1, 0.15) is 24.8 Å². The number of nitrogen functional groups attached to an aromatic ring is 1. The zero-order valence-electron chi connectivity index (χ0n) is 12.8. The molecule has 21 heavy (non-hydrogen) atoms. The van der Waals surface area contributed by atoms with Crippen LogP contribution in [0.2, 0.25) is 0 Å². The fourth-order valence-electron chi connectivity index (χ4n) is 2.74. The minimum atomic E-state index is -3.50. The van der Waals surface area contributed by atoms with Crippen molar-refractivity contribution >= 4 is 15.7 Å². The normalized spacial score (nSPS) is 18.0. The van der Waals surface area contributed by atoms with Gasteiger partial charge in [-0.15, -0.1) is 0 Å². The Kier molecular flexibility index (Phi) is 5.24. The molecule has 118 valence electrons. The second kappa shape index (κ2) is 6.77. The van der Waals surface area contributed by atoms with Crippen LogP contribution >= 0.6 is 0 Å². The van der Waals surface area contributed by atoms with Crippen LogP contribution in [0.15, 0.2) is 23.1 Å². The summed E-state index contributed by atoms with van der Waals surface area (Å²) < 4.78 is 27.2. The van der Waals surface area contributed by atoms with E-state index in [9.17, 15) is 8.42 Å². The van der Waals surface area contributed by atoms with Crippen molar-refractivity contribution in [2.24, 2.45) is 5.92 Å². The predicted octanol–water partition coefficient (Wildman–Crippen LogP) is 1.59. The minimum Gasteiger partial charge on any atom is -0.398 e. The molecular weight excluding hydrogens is 286 g/mol. The summed E-state index contributed by atoms with van der Waals surface area (Å²) in [4.78, 5) is 2.49. The fraction of sp³-hybridized carbons (Fsp3) is 0.600. The summed E-state index contributed by atoms with van der Waals surface area (Å²) in [5.41, 5.74) is 7.08. The van der Waals surface area contributed by atoms with Gasteiger partial charge in [0.15, 0.2) is 0 Å². The first kappa shape index (κ1) is 16.3. The van der Waals surface area contributed by atoms with Crippen molar-refractivity contribution in [3.8, 4) is 0 Å². The third-order valence-corrected chi connectivity index (χ3v) is 5.67. The van der Waals surface area contributed by atoms with Gasteiger partial charge in [0.1, 0.15) is 4.90 Å². The molecule has 0 aliphatic carbocycles. The Morgan fingerprint density at radius 3 is 2.62 bits per heavy atom. The first-order valence-electron chi connectivity index (χ1n) is 7.43. The summed E-state index contributed by atoms with van der Waals surface area (Å²) in [5.74, 6) is 0.610. The molecule has 1 aromatic rings. The molecule has 0 aromatic heterocycles. The molecule has 0 atom stereocenters. The predicted molar refractivity (Wildman–Crippen MR) is 85.6 cm³/mol. The minimum absolute atomic E-state index is 0.177. The van der Waals surface area contributed by atoms with E-state index >= 15 is 0 Å². The van der Waals surface area contributed by atoms with Gasteiger partial charge in [0.05, 0.1) is 5.69 Å². The molecule has 1 aromatic carbocycles. The smallest absolute Gasteiger partial charge is 0.242 e. The van der Waals surface area contributed by atoms with E-state index in [-0.39, 0.29) is 4.90 Å². The monoisotopic (exact) mass is 311 g/mol. The second-order valence-corrected chi connectivity index (χ2v) is 7.71. The molecule has 1 fully saturated rings. The molecule has 1 aliphatic rings. The van der Waals surface area contributed by atoms with E-state index in [1.807, 2.05) is 6.92 Å². The highest BCUT2D eigenvalue weighted by molar-refractivity contribution is 7.89. The molecule has 3 N–H and O–H groups in total. The van der Waals surface area contributed by atoms with Gasteiger partial charge < -0.3 is 10.6 Å². The number of piperidine rings is 1. The Labute approximate surface area is 127 Å². The number of nitrogens with zero attached hydrogens (tertiary/aromatic N) is 1. The zero-order chi connectivity index (χ0) is 15.5. The van der Waals surface area contributed by atoms with Crippen LogP contribution in [-0.2, 0) is 10.0 Å². The van der Waals surface area contributed by atoms with Gasteiger partial charge in [0, 0.05) is 6.54 Å². The van der Waals surface area contributed by atoms with Gasteiger partial charge >= 0.3 is 0 Å². The molecule has 0 amide bonds. The molecule has 1 heterocycles. The van der Waals surface area contributed by atoms with E-state index < -0.39 is 10.0 Å². The number of rotatable bonds is 5. The highest BCUT2D eigenvalue weighted by Crippen LogP contribution is 2.21. The number of hydrogen-bond donors (Lipinski definition) is 2. The number of nitrogens with two attached hydrogens (primary N) is 1. The van der Waals surface area contributed by atoms with Gasteiger partial charge in [-0.2, -0.15) is 0 Å². The molecular formula is C15H25N3O2S. The highest BCUT2D eigenvalue weighted by atomic mass is 32.2. The van der Waals surface area contributed by atoms with Gasteiger partial charge in [-0.05, 0) is 69.9 Å². The lowest BCUT2D eigenvalue weighted by atomic mass is 9.94. The SMILES string of the molecule is Cc1ccc(S(=O)(=O)NCCC2CCN(C)CC2)c(N)c1. The maximum Gasteiger partial charge on any atom is 0.242 e. The lowest BCUT2D eigenvalue weighted by Gasteiger charge is -2.28. The molecule has 0 bridgehead atoms. The average Bonchev–Trinajstić information content (AvgIpc) is 2.40.